The van der Waals surface area contributed by atoms with E-state index in [1.807, 2.05) is 45.0 Å². The number of amides is 3. The largest absolute Gasteiger partial charge is 0.489 e. The summed E-state index contributed by atoms with van der Waals surface area (Å²) in [5.41, 5.74) is 1.11. The maximum absolute atomic E-state index is 12.1. The molecule has 0 saturated carbocycles. The van der Waals surface area contributed by atoms with Gasteiger partial charge in [0.25, 0.3) is 5.91 Å². The zero-order valence-electron chi connectivity index (χ0n) is 12.8. The molecule has 5 nitrogen and oxygen atoms in total. The highest BCUT2D eigenvalue weighted by atomic mass is 16.5. The number of benzene rings is 1. The molecule has 1 heterocycles. The molecule has 114 valence electrons. The second-order valence-electron chi connectivity index (χ2n) is 5.32. The Morgan fingerprint density at radius 2 is 2.10 bits per heavy atom. The molecule has 0 spiro atoms. The Morgan fingerprint density at radius 3 is 2.67 bits per heavy atom. The van der Waals surface area contributed by atoms with Gasteiger partial charge in [0, 0.05) is 0 Å². The van der Waals surface area contributed by atoms with Gasteiger partial charge in [-0.15, -0.1) is 0 Å². The minimum Gasteiger partial charge on any atom is -0.489 e. The van der Waals surface area contributed by atoms with Crippen molar-refractivity contribution in [1.82, 2.24) is 10.2 Å². The van der Waals surface area contributed by atoms with Crippen molar-refractivity contribution in [2.45, 2.75) is 45.8 Å². The number of carbonyl (C=O) groups excluding carboxylic acids is 2. The van der Waals surface area contributed by atoms with Crippen LogP contribution in [0, 0.1) is 6.92 Å². The van der Waals surface area contributed by atoms with Crippen LogP contribution in [-0.2, 0) is 4.79 Å². The summed E-state index contributed by atoms with van der Waals surface area (Å²) in [6, 6.07) is 7.04. The molecule has 1 aliphatic rings. The van der Waals surface area contributed by atoms with Gasteiger partial charge in [0.1, 0.15) is 17.9 Å². The second kappa shape index (κ2) is 6.61. The maximum Gasteiger partial charge on any atom is 0.324 e. The molecule has 0 aromatic heterocycles. The average Bonchev–Trinajstić information content (AvgIpc) is 2.73. The molecule has 0 unspecified atom stereocenters. The van der Waals surface area contributed by atoms with Gasteiger partial charge in [-0.2, -0.15) is 0 Å². The van der Waals surface area contributed by atoms with E-state index in [2.05, 4.69) is 5.32 Å². The number of nitrogens with one attached hydrogen (secondary N) is 1. The number of carbonyl (C=O) groups is 2. The molecule has 21 heavy (non-hydrogen) atoms. The minimum absolute atomic E-state index is 0.159. The molecule has 5 heteroatoms. The maximum atomic E-state index is 12.1. The number of hydrogen-bond donors (Lipinski definition) is 1. The molecular weight excluding hydrogens is 268 g/mol. The van der Waals surface area contributed by atoms with Crippen molar-refractivity contribution in [3.8, 4) is 5.75 Å². The molecule has 0 bridgehead atoms. The molecule has 1 fully saturated rings. The summed E-state index contributed by atoms with van der Waals surface area (Å²) < 4.78 is 5.90. The predicted molar refractivity (Wildman–Crippen MR) is 80.2 cm³/mol. The van der Waals surface area contributed by atoms with E-state index in [0.717, 1.165) is 17.7 Å². The minimum atomic E-state index is -0.394. The lowest BCUT2D eigenvalue weighted by atomic mass is 10.2. The van der Waals surface area contributed by atoms with Gasteiger partial charge >= 0.3 is 6.03 Å². The van der Waals surface area contributed by atoms with Crippen LogP contribution in [0.4, 0.5) is 4.79 Å². The summed E-state index contributed by atoms with van der Waals surface area (Å²) in [4.78, 5) is 25.2. The quantitative estimate of drug-likeness (QED) is 0.819. The fourth-order valence-corrected chi connectivity index (χ4v) is 2.36. The van der Waals surface area contributed by atoms with Crippen molar-refractivity contribution < 1.29 is 14.3 Å². The molecule has 1 N–H and O–H groups in total. The van der Waals surface area contributed by atoms with E-state index in [1.54, 1.807) is 0 Å². The second-order valence-corrected chi connectivity index (χ2v) is 5.32. The topological polar surface area (TPSA) is 58.6 Å². The van der Waals surface area contributed by atoms with Crippen LogP contribution in [-0.4, -0.2) is 35.5 Å². The number of urea groups is 1. The molecule has 2 atom stereocenters. The summed E-state index contributed by atoms with van der Waals surface area (Å²) in [5, 5.41) is 2.69. The van der Waals surface area contributed by atoms with Crippen LogP contribution in [0.3, 0.4) is 0 Å². The highest BCUT2D eigenvalue weighted by Gasteiger charge is 2.37. The lowest BCUT2D eigenvalue weighted by Crippen LogP contribution is -2.40. The smallest absolute Gasteiger partial charge is 0.324 e. The third-order valence-electron chi connectivity index (χ3n) is 3.65. The normalized spacial score (nSPS) is 19.6. The first-order chi connectivity index (χ1) is 10.0. The van der Waals surface area contributed by atoms with Gasteiger partial charge in [-0.05, 0) is 37.5 Å². The first kappa shape index (κ1) is 15.4. The zero-order valence-corrected chi connectivity index (χ0v) is 12.8. The van der Waals surface area contributed by atoms with Crippen molar-refractivity contribution in [3.05, 3.63) is 29.8 Å². The van der Waals surface area contributed by atoms with E-state index < -0.39 is 6.04 Å². The lowest BCUT2D eigenvalue weighted by molar-refractivity contribution is -0.128. The summed E-state index contributed by atoms with van der Waals surface area (Å²) in [6.45, 7) is 6.14. The number of hydrogen-bond acceptors (Lipinski definition) is 3. The van der Waals surface area contributed by atoms with E-state index in [1.165, 1.54) is 4.90 Å². The Bertz CT molecular complexity index is 530. The van der Waals surface area contributed by atoms with Gasteiger partial charge in [-0.25, -0.2) is 4.79 Å². The lowest BCUT2D eigenvalue weighted by Gasteiger charge is -2.22. The van der Waals surface area contributed by atoms with Crippen molar-refractivity contribution in [3.63, 3.8) is 0 Å². The third kappa shape index (κ3) is 3.54. The number of ether oxygens (including phenoxy) is 1. The molecule has 1 saturated heterocycles. The SMILES string of the molecule is CC[C@H](CN1C(=O)N[C@@H](CC)C1=O)Oc1cccc(C)c1. The Labute approximate surface area is 125 Å². The number of aryl methyl sites for hydroxylation is 1. The molecule has 0 aliphatic carbocycles. The summed E-state index contributed by atoms with van der Waals surface area (Å²) in [6.07, 6.45) is 1.13. The first-order valence-electron chi connectivity index (χ1n) is 7.40. The Morgan fingerprint density at radius 1 is 1.33 bits per heavy atom. The molecule has 1 aromatic rings. The van der Waals surface area contributed by atoms with Gasteiger partial charge in [0.15, 0.2) is 0 Å². The van der Waals surface area contributed by atoms with Crippen LogP contribution in [0.1, 0.15) is 32.3 Å². The van der Waals surface area contributed by atoms with Gasteiger partial charge in [0.05, 0.1) is 6.54 Å². The van der Waals surface area contributed by atoms with Crippen molar-refractivity contribution in [2.24, 2.45) is 0 Å². The van der Waals surface area contributed by atoms with Crippen molar-refractivity contribution in [2.75, 3.05) is 6.54 Å². The first-order valence-corrected chi connectivity index (χ1v) is 7.40. The van der Waals surface area contributed by atoms with Crippen LogP contribution in [0.25, 0.3) is 0 Å². The number of rotatable bonds is 6. The molecule has 1 aliphatic heterocycles. The third-order valence-corrected chi connectivity index (χ3v) is 3.65. The van der Waals surface area contributed by atoms with Crippen molar-refractivity contribution in [1.29, 1.82) is 0 Å². The summed E-state index contributed by atoms with van der Waals surface area (Å²) in [7, 11) is 0. The van der Waals surface area contributed by atoms with Crippen LogP contribution in [0.15, 0.2) is 24.3 Å². The van der Waals surface area contributed by atoms with Crippen LogP contribution in [0.2, 0.25) is 0 Å². The standard InChI is InChI=1S/C16H22N2O3/c1-4-12(21-13-8-6-7-11(3)9-13)10-18-15(19)14(5-2)17-16(18)20/h6-9,12,14H,4-5,10H2,1-3H3,(H,17,20)/t12-,14+/m1/s1. The van der Waals surface area contributed by atoms with E-state index in [4.69, 9.17) is 4.74 Å². The van der Waals surface area contributed by atoms with E-state index in [0.29, 0.717) is 6.42 Å². The Hall–Kier alpha value is -2.04. The Kier molecular flexibility index (Phi) is 4.83. The van der Waals surface area contributed by atoms with Crippen LogP contribution >= 0.6 is 0 Å². The molecule has 0 radical (unpaired) electrons. The summed E-state index contributed by atoms with van der Waals surface area (Å²) >= 11 is 0. The van der Waals surface area contributed by atoms with E-state index in [-0.39, 0.29) is 24.6 Å². The van der Waals surface area contributed by atoms with Gasteiger partial charge < -0.3 is 10.1 Å². The average molecular weight is 290 g/mol. The summed E-state index contributed by atoms with van der Waals surface area (Å²) in [5.74, 6) is 0.606. The van der Waals surface area contributed by atoms with E-state index >= 15 is 0 Å². The van der Waals surface area contributed by atoms with Gasteiger partial charge in [-0.3, -0.25) is 9.69 Å². The number of nitrogens with zero attached hydrogens (tertiary/aromatic N) is 1. The van der Waals surface area contributed by atoms with Crippen LogP contribution < -0.4 is 10.1 Å². The molecule has 2 rings (SSSR count). The fraction of sp³-hybridized carbons (Fsp3) is 0.500. The molecular formula is C16H22N2O3. The number of imide groups is 1. The molecule has 3 amide bonds. The van der Waals surface area contributed by atoms with Gasteiger partial charge in [0.2, 0.25) is 0 Å². The highest BCUT2D eigenvalue weighted by molar-refractivity contribution is 6.04. The zero-order chi connectivity index (χ0) is 15.4. The van der Waals surface area contributed by atoms with Gasteiger partial charge in [-0.1, -0.05) is 26.0 Å². The monoisotopic (exact) mass is 290 g/mol. The van der Waals surface area contributed by atoms with Crippen molar-refractivity contribution >= 4 is 11.9 Å². The fourth-order valence-electron chi connectivity index (χ4n) is 2.36. The highest BCUT2D eigenvalue weighted by Crippen LogP contribution is 2.17. The Balaban J connectivity index is 2.02. The predicted octanol–water partition coefficient (Wildman–Crippen LogP) is 2.48. The van der Waals surface area contributed by atoms with E-state index in [9.17, 15) is 9.59 Å². The van der Waals surface area contributed by atoms with Crippen LogP contribution in [0.5, 0.6) is 5.75 Å². The molecule has 1 aromatic carbocycles.